The van der Waals surface area contributed by atoms with E-state index in [0.29, 0.717) is 17.8 Å². The van der Waals surface area contributed by atoms with Crippen LogP contribution in [-0.2, 0) is 6.42 Å². The molecule has 0 bridgehead atoms. The van der Waals surface area contributed by atoms with Crippen molar-refractivity contribution in [3.63, 3.8) is 0 Å². The SMILES string of the molecule is CCCCCCC/C=C(/F)c1ccc(-c2ncc(CCCCCCCCCC)cn2)cc1F. The summed E-state index contributed by atoms with van der Waals surface area (Å²) in [6.45, 7) is 4.41. The second-order valence-corrected chi connectivity index (χ2v) is 9.09. The average Bonchev–Trinajstić information content (AvgIpc) is 2.83. The minimum atomic E-state index is -0.571. The van der Waals surface area contributed by atoms with E-state index >= 15 is 0 Å². The molecule has 182 valence electrons. The maximum Gasteiger partial charge on any atom is 0.159 e. The van der Waals surface area contributed by atoms with E-state index < -0.39 is 11.6 Å². The minimum Gasteiger partial charge on any atom is -0.236 e. The first-order valence-electron chi connectivity index (χ1n) is 13.1. The molecule has 33 heavy (non-hydrogen) atoms. The topological polar surface area (TPSA) is 25.8 Å². The molecule has 0 spiro atoms. The normalized spacial score (nSPS) is 11.8. The summed E-state index contributed by atoms with van der Waals surface area (Å²) in [6.07, 6.45) is 22.7. The van der Waals surface area contributed by atoms with Crippen LogP contribution in [0.3, 0.4) is 0 Å². The molecule has 0 radical (unpaired) electrons. The standard InChI is InChI=1S/C29H42F2N2/c1-3-5-7-9-11-12-13-15-17-24-22-32-29(33-23-24)25-19-20-26(28(31)21-25)27(30)18-16-14-10-8-6-4-2/h18-23H,3-17H2,1-2H3/b27-18+. The summed E-state index contributed by atoms with van der Waals surface area (Å²) in [7, 11) is 0. The van der Waals surface area contributed by atoms with Crippen LogP contribution in [0.1, 0.15) is 115 Å². The van der Waals surface area contributed by atoms with Gasteiger partial charge < -0.3 is 0 Å². The lowest BCUT2D eigenvalue weighted by Crippen LogP contribution is -1.95. The van der Waals surface area contributed by atoms with Crippen molar-refractivity contribution >= 4 is 5.83 Å². The molecule has 0 amide bonds. The smallest absolute Gasteiger partial charge is 0.159 e. The lowest BCUT2D eigenvalue weighted by atomic mass is 10.1. The molecule has 0 N–H and O–H groups in total. The Kier molecular flexibility index (Phi) is 13.6. The molecule has 1 aromatic carbocycles. The van der Waals surface area contributed by atoms with Gasteiger partial charge in [0.25, 0.3) is 0 Å². The van der Waals surface area contributed by atoms with Gasteiger partial charge in [-0.05, 0) is 49.5 Å². The number of hydrogen-bond acceptors (Lipinski definition) is 2. The maximum atomic E-state index is 14.5. The summed E-state index contributed by atoms with van der Waals surface area (Å²) in [5.74, 6) is -0.588. The van der Waals surface area contributed by atoms with E-state index in [2.05, 4.69) is 23.8 Å². The maximum absolute atomic E-state index is 14.5. The Morgan fingerprint density at radius 1 is 0.788 bits per heavy atom. The number of rotatable bonds is 17. The summed E-state index contributed by atoms with van der Waals surface area (Å²) >= 11 is 0. The molecule has 0 aliphatic carbocycles. The third-order valence-corrected chi connectivity index (χ3v) is 6.14. The largest absolute Gasteiger partial charge is 0.236 e. The molecule has 0 aliphatic heterocycles. The Bertz CT molecular complexity index is 815. The van der Waals surface area contributed by atoms with Crippen molar-refractivity contribution in [1.29, 1.82) is 0 Å². The number of nitrogens with zero attached hydrogens (tertiary/aromatic N) is 2. The van der Waals surface area contributed by atoms with Gasteiger partial charge in [-0.15, -0.1) is 0 Å². The van der Waals surface area contributed by atoms with Crippen molar-refractivity contribution in [2.24, 2.45) is 0 Å². The molecule has 0 saturated carbocycles. The van der Waals surface area contributed by atoms with Gasteiger partial charge in [-0.3, -0.25) is 0 Å². The second-order valence-electron chi connectivity index (χ2n) is 9.09. The molecule has 4 heteroatoms. The number of hydrogen-bond donors (Lipinski definition) is 0. The van der Waals surface area contributed by atoms with Gasteiger partial charge in [0, 0.05) is 23.5 Å². The minimum absolute atomic E-state index is 0.0126. The third-order valence-electron chi connectivity index (χ3n) is 6.14. The van der Waals surface area contributed by atoms with Crippen LogP contribution in [0.15, 0.2) is 36.7 Å². The van der Waals surface area contributed by atoms with Crippen LogP contribution in [0.4, 0.5) is 8.78 Å². The molecule has 1 heterocycles. The lowest BCUT2D eigenvalue weighted by molar-refractivity contribution is 0.575. The first-order chi connectivity index (χ1) is 16.2. The Labute approximate surface area is 200 Å². The summed E-state index contributed by atoms with van der Waals surface area (Å²) in [6, 6.07) is 4.52. The van der Waals surface area contributed by atoms with E-state index in [9.17, 15) is 8.78 Å². The van der Waals surface area contributed by atoms with Crippen LogP contribution in [0.2, 0.25) is 0 Å². The van der Waals surface area contributed by atoms with Crippen molar-refractivity contribution in [1.82, 2.24) is 9.97 Å². The Hall–Kier alpha value is -2.10. The van der Waals surface area contributed by atoms with E-state index in [-0.39, 0.29) is 5.56 Å². The van der Waals surface area contributed by atoms with Gasteiger partial charge in [0.05, 0.1) is 0 Å². The number of halogens is 2. The first kappa shape index (κ1) is 27.1. The molecular weight excluding hydrogens is 414 g/mol. The highest BCUT2D eigenvalue weighted by molar-refractivity contribution is 5.64. The lowest BCUT2D eigenvalue weighted by Gasteiger charge is -2.06. The molecule has 1 aromatic heterocycles. The van der Waals surface area contributed by atoms with E-state index in [1.54, 1.807) is 6.07 Å². The summed E-state index contributed by atoms with van der Waals surface area (Å²) < 4.78 is 28.9. The van der Waals surface area contributed by atoms with Crippen molar-refractivity contribution < 1.29 is 8.78 Å². The van der Waals surface area contributed by atoms with Crippen molar-refractivity contribution in [3.8, 4) is 11.4 Å². The van der Waals surface area contributed by atoms with Crippen molar-refractivity contribution in [2.45, 2.75) is 110 Å². The number of unbranched alkanes of at least 4 members (excludes halogenated alkanes) is 12. The quantitative estimate of drug-likeness (QED) is 0.221. The Balaban J connectivity index is 1.80. The van der Waals surface area contributed by atoms with Crippen LogP contribution in [-0.4, -0.2) is 9.97 Å². The molecule has 0 unspecified atom stereocenters. The van der Waals surface area contributed by atoms with E-state index in [1.165, 1.54) is 82.4 Å². The first-order valence-corrected chi connectivity index (χ1v) is 13.1. The highest BCUT2D eigenvalue weighted by atomic mass is 19.1. The third kappa shape index (κ3) is 10.6. The molecule has 2 rings (SSSR count). The fraction of sp³-hybridized carbons (Fsp3) is 0.586. The molecule has 2 aromatic rings. The highest BCUT2D eigenvalue weighted by Crippen LogP contribution is 2.25. The van der Waals surface area contributed by atoms with Gasteiger partial charge in [0.15, 0.2) is 5.82 Å². The molecule has 2 nitrogen and oxygen atoms in total. The van der Waals surface area contributed by atoms with Gasteiger partial charge >= 0.3 is 0 Å². The summed E-state index contributed by atoms with van der Waals surface area (Å²) in [5, 5.41) is 0. The summed E-state index contributed by atoms with van der Waals surface area (Å²) in [4.78, 5) is 8.82. The Morgan fingerprint density at radius 2 is 1.36 bits per heavy atom. The fourth-order valence-electron chi connectivity index (χ4n) is 4.03. The molecule has 0 fully saturated rings. The monoisotopic (exact) mass is 456 g/mol. The number of benzene rings is 1. The number of allylic oxidation sites excluding steroid dienone is 1. The molecule has 0 saturated heterocycles. The van der Waals surface area contributed by atoms with Gasteiger partial charge in [0.2, 0.25) is 0 Å². The Morgan fingerprint density at radius 3 is 1.97 bits per heavy atom. The van der Waals surface area contributed by atoms with E-state index in [1.807, 2.05) is 12.4 Å². The van der Waals surface area contributed by atoms with E-state index in [4.69, 9.17) is 0 Å². The predicted octanol–water partition coefficient (Wildman–Crippen LogP) is 9.64. The second kappa shape index (κ2) is 16.5. The number of aromatic nitrogens is 2. The van der Waals surface area contributed by atoms with Crippen LogP contribution in [0, 0.1) is 5.82 Å². The molecule has 0 atom stereocenters. The zero-order valence-electron chi connectivity index (χ0n) is 20.7. The highest BCUT2D eigenvalue weighted by Gasteiger charge is 2.11. The van der Waals surface area contributed by atoms with Gasteiger partial charge in [-0.25, -0.2) is 18.7 Å². The molecule has 0 aliphatic rings. The summed E-state index contributed by atoms with van der Waals surface area (Å²) in [5.41, 5.74) is 1.69. The predicted molar refractivity (Wildman–Crippen MR) is 136 cm³/mol. The van der Waals surface area contributed by atoms with Crippen molar-refractivity contribution in [3.05, 3.63) is 53.6 Å². The molecular formula is C29H42F2N2. The average molecular weight is 457 g/mol. The van der Waals surface area contributed by atoms with Gasteiger partial charge in [-0.1, -0.05) is 90.5 Å². The van der Waals surface area contributed by atoms with Crippen LogP contribution < -0.4 is 0 Å². The zero-order chi connectivity index (χ0) is 23.7. The zero-order valence-corrected chi connectivity index (χ0v) is 20.7. The van der Waals surface area contributed by atoms with Crippen molar-refractivity contribution in [2.75, 3.05) is 0 Å². The van der Waals surface area contributed by atoms with Gasteiger partial charge in [0.1, 0.15) is 11.6 Å². The number of aryl methyl sites for hydroxylation is 1. The van der Waals surface area contributed by atoms with Crippen LogP contribution in [0.5, 0.6) is 0 Å². The van der Waals surface area contributed by atoms with Gasteiger partial charge in [-0.2, -0.15) is 0 Å². The fourth-order valence-corrected chi connectivity index (χ4v) is 4.03. The van der Waals surface area contributed by atoms with Crippen LogP contribution >= 0.6 is 0 Å². The van der Waals surface area contributed by atoms with Crippen LogP contribution in [0.25, 0.3) is 17.2 Å². The van der Waals surface area contributed by atoms with E-state index in [0.717, 1.165) is 31.2 Å².